The summed E-state index contributed by atoms with van der Waals surface area (Å²) in [5.74, 6) is 0.244. The first-order chi connectivity index (χ1) is 4.74. The van der Waals surface area contributed by atoms with Gasteiger partial charge in [-0.2, -0.15) is 0 Å². The minimum atomic E-state index is -0.553. The van der Waals surface area contributed by atoms with Gasteiger partial charge in [-0.25, -0.2) is 4.39 Å². The molecule has 2 unspecified atom stereocenters. The van der Waals surface area contributed by atoms with Gasteiger partial charge in [0.1, 0.15) is 6.17 Å². The Kier molecular flexibility index (Phi) is 2.66. The number of piperidine rings is 1. The largest absolute Gasteiger partial charge is 0.303 e. The average Bonchev–Trinajstić information content (AvgIpc) is 1.95. The van der Waals surface area contributed by atoms with Gasteiger partial charge in [0, 0.05) is 19.0 Å². The Morgan fingerprint density at radius 1 is 1.60 bits per heavy atom. The van der Waals surface area contributed by atoms with E-state index in [0.29, 0.717) is 0 Å². The first-order valence-electron chi connectivity index (χ1n) is 4.10. The highest BCUT2D eigenvalue weighted by Gasteiger charge is 2.24. The lowest BCUT2D eigenvalue weighted by atomic mass is 9.98. The van der Waals surface area contributed by atoms with Crippen molar-refractivity contribution < 1.29 is 4.39 Å². The standard InChI is InChI=1S/C8H16FN/c1-3-10-5-4-8(9)7(2)6-10/h7-8H,3-6H2,1-2H3. The van der Waals surface area contributed by atoms with Gasteiger partial charge in [-0.3, -0.25) is 0 Å². The zero-order valence-electron chi connectivity index (χ0n) is 6.81. The van der Waals surface area contributed by atoms with Gasteiger partial charge in [0.15, 0.2) is 0 Å². The van der Waals surface area contributed by atoms with Gasteiger partial charge < -0.3 is 4.90 Å². The van der Waals surface area contributed by atoms with E-state index in [4.69, 9.17) is 0 Å². The second-order valence-electron chi connectivity index (χ2n) is 3.18. The number of nitrogens with zero attached hydrogens (tertiary/aromatic N) is 1. The number of alkyl halides is 1. The van der Waals surface area contributed by atoms with Crippen LogP contribution in [0.15, 0.2) is 0 Å². The highest BCUT2D eigenvalue weighted by molar-refractivity contribution is 4.76. The Balaban J connectivity index is 2.33. The summed E-state index contributed by atoms with van der Waals surface area (Å²) in [7, 11) is 0. The average molecular weight is 145 g/mol. The van der Waals surface area contributed by atoms with Crippen LogP contribution >= 0.6 is 0 Å². The van der Waals surface area contributed by atoms with Crippen LogP contribution in [0.1, 0.15) is 20.3 Å². The predicted octanol–water partition coefficient (Wildman–Crippen LogP) is 1.69. The molecule has 0 aliphatic carbocycles. The van der Waals surface area contributed by atoms with Gasteiger partial charge in [-0.1, -0.05) is 13.8 Å². The van der Waals surface area contributed by atoms with Crippen molar-refractivity contribution in [1.29, 1.82) is 0 Å². The third kappa shape index (κ3) is 1.69. The lowest BCUT2D eigenvalue weighted by Gasteiger charge is -2.32. The van der Waals surface area contributed by atoms with E-state index in [1.807, 2.05) is 6.92 Å². The summed E-state index contributed by atoms with van der Waals surface area (Å²) in [5.41, 5.74) is 0. The molecule has 2 atom stereocenters. The third-order valence-corrected chi connectivity index (χ3v) is 2.33. The molecule has 0 aromatic heterocycles. The molecule has 1 saturated heterocycles. The monoisotopic (exact) mass is 145 g/mol. The van der Waals surface area contributed by atoms with Crippen LogP contribution in [0.4, 0.5) is 4.39 Å². The Hall–Kier alpha value is -0.110. The maximum absolute atomic E-state index is 12.9. The molecule has 1 fully saturated rings. The molecule has 60 valence electrons. The lowest BCUT2D eigenvalue weighted by molar-refractivity contribution is 0.101. The predicted molar refractivity (Wildman–Crippen MR) is 40.8 cm³/mol. The van der Waals surface area contributed by atoms with Gasteiger partial charge in [0.05, 0.1) is 0 Å². The summed E-state index contributed by atoms with van der Waals surface area (Å²) in [5, 5.41) is 0. The molecule has 1 rings (SSSR count). The van der Waals surface area contributed by atoms with E-state index in [1.165, 1.54) is 0 Å². The van der Waals surface area contributed by atoms with Crippen LogP contribution in [0.2, 0.25) is 0 Å². The van der Waals surface area contributed by atoms with E-state index in [9.17, 15) is 4.39 Å². The van der Waals surface area contributed by atoms with E-state index in [2.05, 4.69) is 11.8 Å². The Morgan fingerprint density at radius 2 is 2.30 bits per heavy atom. The fourth-order valence-electron chi connectivity index (χ4n) is 1.49. The second-order valence-corrected chi connectivity index (χ2v) is 3.18. The van der Waals surface area contributed by atoms with Gasteiger partial charge in [-0.15, -0.1) is 0 Å². The van der Waals surface area contributed by atoms with Gasteiger partial charge >= 0.3 is 0 Å². The molecule has 0 spiro atoms. The molecule has 0 N–H and O–H groups in total. The van der Waals surface area contributed by atoms with E-state index >= 15 is 0 Å². The van der Waals surface area contributed by atoms with Crippen molar-refractivity contribution in [2.45, 2.75) is 26.4 Å². The maximum Gasteiger partial charge on any atom is 0.105 e. The van der Waals surface area contributed by atoms with Gasteiger partial charge in [0.25, 0.3) is 0 Å². The quantitative estimate of drug-likeness (QED) is 0.542. The summed E-state index contributed by atoms with van der Waals surface area (Å²) in [6.07, 6.45) is 0.178. The molecule has 1 heterocycles. The zero-order chi connectivity index (χ0) is 7.56. The Labute approximate surface area is 62.2 Å². The van der Waals surface area contributed by atoms with Crippen LogP contribution < -0.4 is 0 Å². The Morgan fingerprint density at radius 3 is 2.80 bits per heavy atom. The van der Waals surface area contributed by atoms with Gasteiger partial charge in [0.2, 0.25) is 0 Å². The van der Waals surface area contributed by atoms with Crippen molar-refractivity contribution in [3.8, 4) is 0 Å². The molecule has 0 aromatic rings. The summed E-state index contributed by atoms with van der Waals surface area (Å²) in [4.78, 5) is 2.31. The summed E-state index contributed by atoms with van der Waals surface area (Å²) >= 11 is 0. The van der Waals surface area contributed by atoms with Crippen LogP contribution in [0.25, 0.3) is 0 Å². The topological polar surface area (TPSA) is 3.24 Å². The van der Waals surface area contributed by atoms with Crippen LogP contribution in [0.3, 0.4) is 0 Å². The Bertz CT molecular complexity index is 105. The van der Waals surface area contributed by atoms with E-state index in [-0.39, 0.29) is 5.92 Å². The molecular weight excluding hydrogens is 129 g/mol. The van der Waals surface area contributed by atoms with E-state index < -0.39 is 6.17 Å². The second kappa shape index (κ2) is 3.33. The molecule has 2 heteroatoms. The number of likely N-dealkylation sites (tertiary alicyclic amines) is 1. The number of hydrogen-bond donors (Lipinski definition) is 0. The van der Waals surface area contributed by atoms with Crippen molar-refractivity contribution >= 4 is 0 Å². The summed E-state index contributed by atoms with van der Waals surface area (Å²) in [6, 6.07) is 0. The lowest BCUT2D eigenvalue weighted by Crippen LogP contribution is -2.39. The molecule has 0 saturated carbocycles. The van der Waals surface area contributed by atoms with Crippen LogP contribution in [-0.4, -0.2) is 30.7 Å². The van der Waals surface area contributed by atoms with Crippen LogP contribution in [0.5, 0.6) is 0 Å². The number of rotatable bonds is 1. The third-order valence-electron chi connectivity index (χ3n) is 2.33. The van der Waals surface area contributed by atoms with Crippen LogP contribution in [0, 0.1) is 5.92 Å². The maximum atomic E-state index is 12.9. The van der Waals surface area contributed by atoms with Crippen molar-refractivity contribution in [2.24, 2.45) is 5.92 Å². The molecule has 1 aliphatic heterocycles. The fraction of sp³-hybridized carbons (Fsp3) is 1.00. The molecule has 1 aliphatic rings. The van der Waals surface area contributed by atoms with E-state index in [0.717, 1.165) is 26.1 Å². The zero-order valence-corrected chi connectivity index (χ0v) is 6.81. The minimum Gasteiger partial charge on any atom is -0.303 e. The first kappa shape index (κ1) is 7.99. The molecule has 0 amide bonds. The van der Waals surface area contributed by atoms with Crippen molar-refractivity contribution in [1.82, 2.24) is 4.90 Å². The molecule has 1 nitrogen and oxygen atoms in total. The number of halogens is 1. The highest BCUT2D eigenvalue weighted by atomic mass is 19.1. The SMILES string of the molecule is CCN1CCC(F)C(C)C1. The summed E-state index contributed by atoms with van der Waals surface area (Å²) < 4.78 is 12.9. The van der Waals surface area contributed by atoms with Crippen molar-refractivity contribution in [2.75, 3.05) is 19.6 Å². The number of hydrogen-bond acceptors (Lipinski definition) is 1. The molecule has 0 radical (unpaired) electrons. The molecule has 0 aromatic carbocycles. The van der Waals surface area contributed by atoms with Crippen LogP contribution in [-0.2, 0) is 0 Å². The molecule has 10 heavy (non-hydrogen) atoms. The summed E-state index contributed by atoms with van der Waals surface area (Å²) in [6.45, 7) is 7.08. The van der Waals surface area contributed by atoms with Crippen molar-refractivity contribution in [3.63, 3.8) is 0 Å². The molecular formula is C8H16FN. The highest BCUT2D eigenvalue weighted by Crippen LogP contribution is 2.18. The first-order valence-corrected chi connectivity index (χ1v) is 4.10. The smallest absolute Gasteiger partial charge is 0.105 e. The normalized spacial score (nSPS) is 36.3. The van der Waals surface area contributed by atoms with E-state index in [1.54, 1.807) is 0 Å². The minimum absolute atomic E-state index is 0.244. The fourth-order valence-corrected chi connectivity index (χ4v) is 1.49. The molecule has 0 bridgehead atoms. The van der Waals surface area contributed by atoms with Crippen molar-refractivity contribution in [3.05, 3.63) is 0 Å². The van der Waals surface area contributed by atoms with Gasteiger partial charge in [-0.05, 0) is 13.0 Å².